The van der Waals surface area contributed by atoms with E-state index in [1.165, 1.54) is 12.1 Å². The Bertz CT molecular complexity index is 1570. The molecule has 3 heterocycles. The van der Waals surface area contributed by atoms with E-state index < -0.39 is 41.9 Å². The lowest BCUT2D eigenvalue weighted by Gasteiger charge is -2.30. The van der Waals surface area contributed by atoms with E-state index in [2.05, 4.69) is 10.4 Å². The first-order valence-electron chi connectivity index (χ1n) is 13.4. The Kier molecular flexibility index (Phi) is 5.48. The summed E-state index contributed by atoms with van der Waals surface area (Å²) in [5.74, 6) is -0.788. The lowest BCUT2D eigenvalue weighted by molar-refractivity contribution is -0.141. The summed E-state index contributed by atoms with van der Waals surface area (Å²) in [6.07, 6.45) is 3.63. The largest absolute Gasteiger partial charge is 0.491 e. The lowest BCUT2D eigenvalue weighted by atomic mass is 9.90. The highest BCUT2D eigenvalue weighted by Gasteiger charge is 2.58. The van der Waals surface area contributed by atoms with Crippen LogP contribution in [0, 0.1) is 11.7 Å². The number of hydrogen-bond acceptors (Lipinski definition) is 5. The zero-order chi connectivity index (χ0) is 27.8. The van der Waals surface area contributed by atoms with Crippen molar-refractivity contribution in [2.75, 3.05) is 13.2 Å². The number of fused-ring (bicyclic) bond motifs is 3. The van der Waals surface area contributed by atoms with Crippen LogP contribution in [0.2, 0.25) is 0 Å². The van der Waals surface area contributed by atoms with Gasteiger partial charge in [0.25, 0.3) is 5.91 Å². The number of carbonyl (C=O) groups excluding carboxylic acids is 3. The molecule has 1 aromatic heterocycles. The number of hydrogen-bond donors (Lipinski definition) is 1. The van der Waals surface area contributed by atoms with Gasteiger partial charge in [-0.25, -0.2) is 13.6 Å². The second-order valence-corrected chi connectivity index (χ2v) is 11.1. The SMILES string of the molecule is Cn1cc(-c2ccc3c(c2)C(F)C[C@]32NC(=O)N(CC(=O)N3Cc4cc(F)ccc4OC[C@H]3C3CC3)C2=O)cn1. The molecule has 206 valence electrons. The molecule has 0 radical (unpaired) electrons. The first kappa shape index (κ1) is 24.7. The van der Waals surface area contributed by atoms with Crippen molar-refractivity contribution in [1.29, 1.82) is 0 Å². The van der Waals surface area contributed by atoms with Gasteiger partial charge in [-0.3, -0.25) is 19.2 Å². The first-order valence-corrected chi connectivity index (χ1v) is 13.4. The fraction of sp³-hybridized carbons (Fsp3) is 0.379. The molecule has 4 amide bonds. The molecular formula is C29H27F2N5O4. The standard InChI is InChI=1S/C29H27F2N5O4/c1-34-12-19(11-32-34)17-4-6-22-21(9-17)23(31)10-29(22)27(38)36(28(39)33-29)14-26(37)35-13-18-8-20(30)5-7-25(18)40-15-24(35)16-2-3-16/h4-9,11-12,16,23-24H,2-3,10,13-15H2,1H3,(H,33,39)/t23?,24-,29-/m0/s1. The molecule has 4 aliphatic rings. The molecular weight excluding hydrogens is 520 g/mol. The number of urea groups is 1. The number of alkyl halides is 1. The fourth-order valence-corrected chi connectivity index (χ4v) is 6.29. The highest BCUT2D eigenvalue weighted by molar-refractivity contribution is 6.10. The van der Waals surface area contributed by atoms with Crippen molar-refractivity contribution in [2.45, 2.75) is 43.6 Å². The molecule has 2 aliphatic carbocycles. The minimum absolute atomic E-state index is 0.106. The highest BCUT2D eigenvalue weighted by atomic mass is 19.1. The molecule has 2 fully saturated rings. The summed E-state index contributed by atoms with van der Waals surface area (Å²) in [6.45, 7) is -0.149. The number of nitrogens with one attached hydrogen (secondary N) is 1. The van der Waals surface area contributed by atoms with E-state index in [0.717, 1.165) is 28.9 Å². The highest BCUT2D eigenvalue weighted by Crippen LogP contribution is 2.49. The van der Waals surface area contributed by atoms with Gasteiger partial charge in [-0.1, -0.05) is 12.1 Å². The Morgan fingerprint density at radius 1 is 1.18 bits per heavy atom. The minimum atomic E-state index is -1.58. The second-order valence-electron chi connectivity index (χ2n) is 11.1. The van der Waals surface area contributed by atoms with Crippen LogP contribution < -0.4 is 10.1 Å². The summed E-state index contributed by atoms with van der Waals surface area (Å²) in [6, 6.07) is 8.33. The number of aryl methyl sites for hydroxylation is 1. The number of carbonyl (C=O) groups is 3. The zero-order valence-electron chi connectivity index (χ0n) is 21.8. The van der Waals surface area contributed by atoms with Gasteiger partial charge in [-0.2, -0.15) is 5.10 Å². The van der Waals surface area contributed by atoms with E-state index in [0.29, 0.717) is 22.4 Å². The third-order valence-corrected chi connectivity index (χ3v) is 8.50. The summed E-state index contributed by atoms with van der Waals surface area (Å²) in [5.41, 5.74) is 1.24. The average Bonchev–Trinajstić information content (AvgIpc) is 3.60. The normalized spacial score (nSPS) is 25.5. The van der Waals surface area contributed by atoms with Crippen molar-refractivity contribution in [3.8, 4) is 16.9 Å². The van der Waals surface area contributed by atoms with Gasteiger partial charge in [0.2, 0.25) is 5.91 Å². The summed E-state index contributed by atoms with van der Waals surface area (Å²) in [7, 11) is 1.79. The predicted molar refractivity (Wildman–Crippen MR) is 138 cm³/mol. The van der Waals surface area contributed by atoms with Gasteiger partial charge >= 0.3 is 6.03 Å². The van der Waals surface area contributed by atoms with Crippen molar-refractivity contribution in [3.05, 3.63) is 71.3 Å². The van der Waals surface area contributed by atoms with E-state index in [4.69, 9.17) is 4.74 Å². The van der Waals surface area contributed by atoms with Crippen LogP contribution in [0.1, 0.15) is 42.1 Å². The van der Waals surface area contributed by atoms with Gasteiger partial charge in [-0.15, -0.1) is 0 Å². The Balaban J connectivity index is 1.16. The van der Waals surface area contributed by atoms with Crippen molar-refractivity contribution in [3.63, 3.8) is 0 Å². The molecule has 11 heteroatoms. The third-order valence-electron chi connectivity index (χ3n) is 8.50. The molecule has 3 aromatic rings. The van der Waals surface area contributed by atoms with E-state index in [9.17, 15) is 18.8 Å². The van der Waals surface area contributed by atoms with Crippen molar-refractivity contribution < 1.29 is 27.9 Å². The molecule has 2 aliphatic heterocycles. The number of amides is 4. The Morgan fingerprint density at radius 2 is 2.00 bits per heavy atom. The van der Waals surface area contributed by atoms with Crippen LogP contribution in [0.25, 0.3) is 11.1 Å². The van der Waals surface area contributed by atoms with Crippen molar-refractivity contribution in [2.24, 2.45) is 13.0 Å². The van der Waals surface area contributed by atoms with Crippen LogP contribution in [0.3, 0.4) is 0 Å². The molecule has 7 rings (SSSR count). The number of nitrogens with zero attached hydrogens (tertiary/aromatic N) is 4. The van der Waals surface area contributed by atoms with Crippen LogP contribution in [0.15, 0.2) is 48.8 Å². The zero-order valence-corrected chi connectivity index (χ0v) is 21.8. The van der Waals surface area contributed by atoms with Gasteiger partial charge < -0.3 is 15.0 Å². The van der Waals surface area contributed by atoms with E-state index in [1.807, 2.05) is 6.20 Å². The molecule has 1 unspecified atom stereocenters. The van der Waals surface area contributed by atoms with Crippen LogP contribution >= 0.6 is 0 Å². The predicted octanol–water partition coefficient (Wildman–Crippen LogP) is 3.59. The molecule has 1 saturated carbocycles. The van der Waals surface area contributed by atoms with Crippen LogP contribution in [-0.2, 0) is 28.7 Å². The maximum Gasteiger partial charge on any atom is 0.325 e. The average molecular weight is 548 g/mol. The van der Waals surface area contributed by atoms with Gasteiger partial charge in [0.1, 0.15) is 36.4 Å². The van der Waals surface area contributed by atoms with Crippen LogP contribution in [0.5, 0.6) is 5.75 Å². The molecule has 1 saturated heterocycles. The van der Waals surface area contributed by atoms with E-state index in [-0.39, 0.29) is 31.5 Å². The number of aromatic nitrogens is 2. The molecule has 9 nitrogen and oxygen atoms in total. The molecule has 40 heavy (non-hydrogen) atoms. The molecule has 2 aromatic carbocycles. The summed E-state index contributed by atoms with van der Waals surface area (Å²) >= 11 is 0. The lowest BCUT2D eigenvalue weighted by Crippen LogP contribution is -2.49. The quantitative estimate of drug-likeness (QED) is 0.504. The smallest absolute Gasteiger partial charge is 0.325 e. The Hall–Kier alpha value is -4.28. The number of imide groups is 1. The number of ether oxygens (including phenoxy) is 1. The van der Waals surface area contributed by atoms with Gasteiger partial charge in [0, 0.05) is 37.3 Å². The molecule has 3 atom stereocenters. The maximum absolute atomic E-state index is 15.4. The second kappa shape index (κ2) is 8.87. The topological polar surface area (TPSA) is 96.8 Å². The first-order chi connectivity index (χ1) is 19.2. The number of halogens is 2. The van der Waals surface area contributed by atoms with E-state index >= 15 is 4.39 Å². The Labute approximate surface area is 228 Å². The number of rotatable bonds is 4. The summed E-state index contributed by atoms with van der Waals surface area (Å²) in [4.78, 5) is 43.0. The fourth-order valence-electron chi connectivity index (χ4n) is 6.29. The van der Waals surface area contributed by atoms with Gasteiger partial charge in [-0.05, 0) is 59.7 Å². The summed E-state index contributed by atoms with van der Waals surface area (Å²) < 4.78 is 37.0. The summed E-state index contributed by atoms with van der Waals surface area (Å²) in [5, 5.41) is 6.87. The number of benzene rings is 2. The van der Waals surface area contributed by atoms with Gasteiger partial charge in [0.05, 0.1) is 12.2 Å². The molecule has 1 N–H and O–H groups in total. The maximum atomic E-state index is 15.4. The molecule has 1 spiro atoms. The molecule has 0 bridgehead atoms. The van der Waals surface area contributed by atoms with Gasteiger partial charge in [0.15, 0.2) is 0 Å². The minimum Gasteiger partial charge on any atom is -0.491 e. The van der Waals surface area contributed by atoms with E-state index in [1.54, 1.807) is 47.1 Å². The monoisotopic (exact) mass is 547 g/mol. The Morgan fingerprint density at radius 3 is 2.75 bits per heavy atom. The van der Waals surface area contributed by atoms with Crippen molar-refractivity contribution in [1.82, 2.24) is 24.9 Å². The van der Waals surface area contributed by atoms with Crippen LogP contribution in [0.4, 0.5) is 13.6 Å². The van der Waals surface area contributed by atoms with Crippen molar-refractivity contribution >= 4 is 17.8 Å². The van der Waals surface area contributed by atoms with Crippen LogP contribution in [-0.4, -0.2) is 56.6 Å². The third kappa shape index (κ3) is 3.86.